The Morgan fingerprint density at radius 1 is 0.490 bits per heavy atom. The largest absolute Gasteiger partial charge is 0.311 e. The van der Waals surface area contributed by atoms with Crippen molar-refractivity contribution in [3.8, 4) is 11.3 Å². The van der Waals surface area contributed by atoms with Gasteiger partial charge < -0.3 is 9.46 Å². The fourth-order valence-corrected chi connectivity index (χ4v) is 8.18. The maximum absolute atomic E-state index is 17.0. The van der Waals surface area contributed by atoms with Crippen molar-refractivity contribution < 1.29 is 37.5 Å². The first-order valence-corrected chi connectivity index (χ1v) is 16.9. The van der Waals surface area contributed by atoms with Crippen molar-refractivity contribution in [1.29, 1.82) is 0 Å². The lowest BCUT2D eigenvalue weighted by Gasteiger charge is -2.25. The lowest BCUT2D eigenvalue weighted by atomic mass is 9.95. The molecule has 0 radical (unpaired) electrons. The van der Waals surface area contributed by atoms with E-state index in [1.807, 2.05) is 0 Å². The molecule has 0 aliphatic heterocycles. The van der Waals surface area contributed by atoms with Crippen LogP contribution in [0.5, 0.6) is 0 Å². The van der Waals surface area contributed by atoms with Gasteiger partial charge in [-0.1, -0.05) is 151 Å². The minimum absolute atomic E-state index is 0.357. The maximum atomic E-state index is 17.0. The molecule has 1 heterocycles. The summed E-state index contributed by atoms with van der Waals surface area (Å²) in [5.41, 5.74) is -3.26. The number of hydrogen-bond acceptors (Lipinski definition) is 3. The molecule has 9 rings (SSSR count). The van der Waals surface area contributed by atoms with Crippen molar-refractivity contribution in [2.24, 2.45) is 0 Å². The highest BCUT2D eigenvalue weighted by atomic mass is 31.2. The van der Waals surface area contributed by atoms with Crippen molar-refractivity contribution in [3.63, 3.8) is 0 Å². The Bertz CT molecular complexity index is 4100. The normalized spacial score (nSPS) is 19.1. The van der Waals surface area contributed by atoms with Crippen molar-refractivity contribution in [1.82, 2.24) is 4.98 Å². The highest BCUT2D eigenvalue weighted by molar-refractivity contribution is 7.85. The van der Waals surface area contributed by atoms with Gasteiger partial charge in [0.05, 0.1) is 44.1 Å². The molecule has 8 aromatic carbocycles. The van der Waals surface area contributed by atoms with E-state index in [1.165, 1.54) is 0 Å². The van der Waals surface area contributed by atoms with Crippen LogP contribution in [0.25, 0.3) is 43.7 Å². The van der Waals surface area contributed by atoms with E-state index >= 15 is 4.57 Å². The number of aromatic nitrogens is 1. The second kappa shape index (κ2) is 12.9. The second-order valence-corrected chi connectivity index (χ2v) is 13.4. The molecular weight excluding hydrogens is 640 g/mol. The smallest absolute Gasteiger partial charge is 0.171 e. The van der Waals surface area contributed by atoms with E-state index in [1.54, 1.807) is 0 Å². The maximum Gasteiger partial charge on any atom is 0.171 e. The number of fused-ring (bicyclic) bond motifs is 5. The molecule has 0 fully saturated rings. The van der Waals surface area contributed by atoms with Gasteiger partial charge in [0.25, 0.3) is 0 Å². The Kier molecular flexibility index (Phi) is 3.67. The Morgan fingerprint density at radius 3 is 2.16 bits per heavy atom. The van der Waals surface area contributed by atoms with E-state index in [0.717, 1.165) is 59.5 Å². The number of pyridine rings is 1. The molecule has 1 unspecified atom stereocenters. The zero-order chi connectivity index (χ0) is 55.1. The van der Waals surface area contributed by atoms with E-state index in [-0.39, 0.29) is 5.69 Å². The molecule has 242 valence electrons. The zero-order valence-electron chi connectivity index (χ0n) is 49.9. The molecule has 0 saturated heterocycles. The van der Waals surface area contributed by atoms with Crippen LogP contribution in [0.2, 0.25) is 0 Å². The molecule has 1 atom stereocenters. The minimum Gasteiger partial charge on any atom is -0.311 e. The van der Waals surface area contributed by atoms with E-state index in [4.69, 9.17) is 23.3 Å². The summed E-state index contributed by atoms with van der Waals surface area (Å²) in [6.07, 6.45) is 0. The number of para-hydroxylation sites is 3. The van der Waals surface area contributed by atoms with Gasteiger partial charge in [0, 0.05) is 54.7 Å². The average molecular weight is 697 g/mol. The quantitative estimate of drug-likeness (QED) is 0.123. The van der Waals surface area contributed by atoms with E-state index in [2.05, 4.69) is 4.98 Å². The lowest BCUT2D eigenvalue weighted by Crippen LogP contribution is -2.25. The molecule has 1 aromatic heterocycles. The van der Waals surface area contributed by atoms with Crippen LogP contribution in [0.4, 0.5) is 17.1 Å². The fourth-order valence-electron chi connectivity index (χ4n) is 5.78. The van der Waals surface area contributed by atoms with Gasteiger partial charge in [0.1, 0.15) is 0 Å². The number of hydrogen-bond donors (Lipinski definition) is 0. The molecule has 3 nitrogen and oxygen atoms in total. The lowest BCUT2D eigenvalue weighted by molar-refractivity contribution is 0.592. The van der Waals surface area contributed by atoms with Crippen LogP contribution >= 0.6 is 7.14 Å². The van der Waals surface area contributed by atoms with Crippen LogP contribution in [0.3, 0.4) is 0 Å². The van der Waals surface area contributed by atoms with Crippen molar-refractivity contribution in [3.05, 3.63) is 200 Å². The molecule has 0 spiro atoms. The summed E-state index contributed by atoms with van der Waals surface area (Å²) in [6, 6.07) is -9.74. The van der Waals surface area contributed by atoms with Crippen molar-refractivity contribution in [2.45, 2.75) is 0 Å². The van der Waals surface area contributed by atoms with Gasteiger partial charge in [-0.15, -0.1) is 0 Å². The summed E-state index contributed by atoms with van der Waals surface area (Å²) in [5.74, 6) is 0. The predicted octanol–water partition coefficient (Wildman–Crippen LogP) is 11.3. The molecule has 0 N–H and O–H groups in total. The van der Waals surface area contributed by atoms with Crippen LogP contribution in [0, 0.1) is 0 Å². The van der Waals surface area contributed by atoms with Crippen LogP contribution < -0.4 is 20.8 Å². The number of benzene rings is 8. The van der Waals surface area contributed by atoms with Gasteiger partial charge in [-0.2, -0.15) is 0 Å². The summed E-state index contributed by atoms with van der Waals surface area (Å²) in [5, 5.41) is -5.75. The molecule has 4 heteroatoms. The predicted molar refractivity (Wildman–Crippen MR) is 216 cm³/mol. The molecule has 51 heavy (non-hydrogen) atoms. The Labute approximate surface area is 331 Å². The first-order valence-electron chi connectivity index (χ1n) is 27.2. The molecule has 9 aromatic rings. The van der Waals surface area contributed by atoms with E-state index in [0.29, 0.717) is 0 Å². The van der Waals surface area contributed by atoms with Crippen LogP contribution in [0.1, 0.15) is 32.9 Å². The van der Waals surface area contributed by atoms with E-state index in [9.17, 15) is 9.60 Å². The molecule has 0 saturated carbocycles. The first kappa shape index (κ1) is 14.5. The number of nitrogens with zero attached hydrogens (tertiary/aromatic N) is 2. The molecule has 0 aliphatic carbocycles. The molecular formula is C47H33N2OP. The SMILES string of the molecule is [2H]c1cccc(P(=O)(c2c([2H])c([2H])c([2H])c([2H])c2[2H])c2c([2H])c3c(-c4cc([2H])c(N(c5ccc([2H])c([2H])c5[2H])c5c([2H])ccc([2H])c5[2H])c([2H])c4[2H])nc4c([2H])c([2H])cc([2H])c4c3c3c([2H])c([2H])c([2H])c([2H])c23)c1[2H]. The summed E-state index contributed by atoms with van der Waals surface area (Å²) >= 11 is 0. The van der Waals surface area contributed by atoms with Gasteiger partial charge in [-0.3, -0.25) is 0 Å². The van der Waals surface area contributed by atoms with Gasteiger partial charge >= 0.3 is 0 Å². The summed E-state index contributed by atoms with van der Waals surface area (Å²) < 4.78 is 233. The number of rotatable bonds is 7. The van der Waals surface area contributed by atoms with Crippen LogP contribution in [0.15, 0.2) is 200 Å². The molecule has 0 amide bonds. The Hall–Kier alpha value is -6.28. The van der Waals surface area contributed by atoms with E-state index < -0.39 is 223 Å². The summed E-state index contributed by atoms with van der Waals surface area (Å²) in [6.45, 7) is 0. The van der Waals surface area contributed by atoms with Crippen LogP contribution in [-0.4, -0.2) is 4.98 Å². The van der Waals surface area contributed by atoms with Crippen molar-refractivity contribution in [2.75, 3.05) is 4.90 Å². The highest BCUT2D eigenvalue weighted by Gasteiger charge is 2.32. The average Bonchev–Trinajstić information content (AvgIpc) is 3.43. The second-order valence-electron chi connectivity index (χ2n) is 10.8. The Balaban J connectivity index is 1.57. The monoisotopic (exact) mass is 696 g/mol. The molecule has 0 aliphatic rings. The summed E-state index contributed by atoms with van der Waals surface area (Å²) in [4.78, 5) is 5.49. The topological polar surface area (TPSA) is 33.2 Å². The highest BCUT2D eigenvalue weighted by Crippen LogP contribution is 2.47. The third kappa shape index (κ3) is 5.31. The minimum atomic E-state index is -5.61. The zero-order valence-corrected chi connectivity index (χ0v) is 26.8. The third-order valence-electron chi connectivity index (χ3n) is 7.96. The standard InChI is InChI=1S/C47H33N2OP/c50-51(38-21-9-3-10-22-38,39-23-11-4-12-24-39)45-33-43-46(41-26-14-13-25-40(41)45)42-27-15-16-28-44(42)48-47(43)34-29-31-37(32-30-34)49(35-17-5-1-6-18-35)36-19-7-2-8-20-36/h1-33H/i1D,3D,5D,7D,9D,10D,11D,13D,14D,16D,17D,19D,20D,21D,22D,23D,25D,26D,27D,28D,29D,31D,32D,33D. The fraction of sp³-hybridized carbons (Fsp3) is 0. The van der Waals surface area contributed by atoms with Gasteiger partial charge in [-0.25, -0.2) is 4.98 Å². The van der Waals surface area contributed by atoms with Gasteiger partial charge in [0.2, 0.25) is 0 Å². The number of anilines is 3. The van der Waals surface area contributed by atoms with Gasteiger partial charge in [-0.05, 0) is 59.1 Å². The third-order valence-corrected chi connectivity index (χ3v) is 10.7. The molecule has 0 bridgehead atoms. The van der Waals surface area contributed by atoms with Crippen LogP contribution in [-0.2, 0) is 4.57 Å². The first-order chi connectivity index (χ1) is 35.1. The summed E-state index contributed by atoms with van der Waals surface area (Å²) in [7, 11) is -5.61. The van der Waals surface area contributed by atoms with Gasteiger partial charge in [0.15, 0.2) is 7.14 Å². The Morgan fingerprint density at radius 2 is 1.24 bits per heavy atom. The van der Waals surface area contributed by atoms with Crippen molar-refractivity contribution >= 4 is 72.6 Å².